The van der Waals surface area contributed by atoms with Crippen molar-refractivity contribution in [3.63, 3.8) is 0 Å². The highest BCUT2D eigenvalue weighted by atomic mass is 32.2. The van der Waals surface area contributed by atoms with Crippen LogP contribution in [0.25, 0.3) is 0 Å². The summed E-state index contributed by atoms with van der Waals surface area (Å²) in [5.41, 5.74) is 1.68. The molecule has 78 valence electrons. The maximum Gasteiger partial charge on any atom is 0.234 e. The molecule has 1 aliphatic heterocycles. The van der Waals surface area contributed by atoms with Gasteiger partial charge in [0.25, 0.3) is 0 Å². The molecule has 2 rings (SSSR count). The van der Waals surface area contributed by atoms with Crippen LogP contribution >= 0.6 is 23.5 Å². The second-order valence-electron chi connectivity index (χ2n) is 3.08. The van der Waals surface area contributed by atoms with E-state index in [0.717, 1.165) is 16.1 Å². The predicted molar refractivity (Wildman–Crippen MR) is 66.1 cm³/mol. The van der Waals surface area contributed by atoms with E-state index in [9.17, 15) is 4.79 Å². The van der Waals surface area contributed by atoms with Gasteiger partial charge in [0.15, 0.2) is 0 Å². The molecular formula is C10H10N2OS2. The Morgan fingerprint density at radius 3 is 3.13 bits per heavy atom. The second-order valence-corrected chi connectivity index (χ2v) is 4.91. The number of nitrogens with one attached hydrogen (secondary N) is 2. The van der Waals surface area contributed by atoms with Crippen LogP contribution in [-0.4, -0.2) is 23.0 Å². The first-order chi connectivity index (χ1) is 7.20. The van der Waals surface area contributed by atoms with E-state index < -0.39 is 0 Å². The molecule has 3 nitrogen and oxygen atoms in total. The lowest BCUT2D eigenvalue weighted by Crippen LogP contribution is -2.18. The van der Waals surface area contributed by atoms with Crippen LogP contribution in [0.3, 0.4) is 0 Å². The van der Waals surface area contributed by atoms with E-state index in [0.29, 0.717) is 10.8 Å². The number of benzene rings is 1. The molecule has 0 fully saturated rings. The number of rotatable bonds is 1. The quantitative estimate of drug-likeness (QED) is 0.583. The zero-order chi connectivity index (χ0) is 10.8. The summed E-state index contributed by atoms with van der Waals surface area (Å²) in [6.07, 6.45) is 1.87. The second kappa shape index (κ2) is 4.28. The van der Waals surface area contributed by atoms with E-state index in [4.69, 9.17) is 5.41 Å². The van der Waals surface area contributed by atoms with Gasteiger partial charge in [-0.05, 0) is 18.4 Å². The lowest BCUT2D eigenvalue weighted by molar-refractivity contribution is -0.113. The maximum atomic E-state index is 11.2. The number of fused-ring (bicyclic) bond motifs is 1. The number of hydrogen-bond donors (Lipinski definition) is 2. The van der Waals surface area contributed by atoms with Crippen molar-refractivity contribution >= 4 is 40.2 Å². The molecule has 1 aliphatic rings. The van der Waals surface area contributed by atoms with Gasteiger partial charge in [-0.1, -0.05) is 6.07 Å². The molecule has 1 heterocycles. The van der Waals surface area contributed by atoms with E-state index >= 15 is 0 Å². The van der Waals surface area contributed by atoms with Gasteiger partial charge in [0, 0.05) is 10.5 Å². The molecular weight excluding hydrogens is 228 g/mol. The zero-order valence-electron chi connectivity index (χ0n) is 8.16. The predicted octanol–water partition coefficient (Wildman–Crippen LogP) is 2.42. The number of hydrogen-bond acceptors (Lipinski definition) is 4. The molecule has 0 aromatic heterocycles. The number of thioether (sulfide) groups is 2. The number of carbonyl (C=O) groups is 1. The van der Waals surface area contributed by atoms with Gasteiger partial charge in [-0.25, -0.2) is 0 Å². The third-order valence-corrected chi connectivity index (χ3v) is 3.80. The highest BCUT2D eigenvalue weighted by Gasteiger charge is 2.15. The Kier molecular flexibility index (Phi) is 3.02. The maximum absolute atomic E-state index is 11.2. The summed E-state index contributed by atoms with van der Waals surface area (Å²) >= 11 is 2.93. The first-order valence-electron chi connectivity index (χ1n) is 4.40. The fourth-order valence-electron chi connectivity index (χ4n) is 1.34. The topological polar surface area (TPSA) is 53.0 Å². The lowest BCUT2D eigenvalue weighted by Gasteiger charge is -2.16. The first kappa shape index (κ1) is 10.6. The molecule has 2 N–H and O–H groups in total. The van der Waals surface area contributed by atoms with Gasteiger partial charge < -0.3 is 5.32 Å². The first-order valence-corrected chi connectivity index (χ1v) is 6.61. The highest BCUT2D eigenvalue weighted by Crippen LogP contribution is 2.32. The minimum Gasteiger partial charge on any atom is -0.324 e. The van der Waals surface area contributed by atoms with Crippen molar-refractivity contribution in [1.82, 2.24) is 0 Å². The van der Waals surface area contributed by atoms with Crippen molar-refractivity contribution in [2.75, 3.05) is 17.3 Å². The molecule has 0 saturated heterocycles. The summed E-state index contributed by atoms with van der Waals surface area (Å²) in [6, 6.07) is 5.74. The third kappa shape index (κ3) is 2.18. The minimum absolute atomic E-state index is 0.0281. The summed E-state index contributed by atoms with van der Waals surface area (Å²) < 4.78 is 0. The van der Waals surface area contributed by atoms with Crippen LogP contribution in [0.4, 0.5) is 5.69 Å². The summed E-state index contributed by atoms with van der Waals surface area (Å²) in [6.45, 7) is 0. The van der Waals surface area contributed by atoms with Gasteiger partial charge in [0.1, 0.15) is 0 Å². The van der Waals surface area contributed by atoms with Gasteiger partial charge in [-0.3, -0.25) is 10.2 Å². The van der Waals surface area contributed by atoms with Crippen molar-refractivity contribution in [1.29, 1.82) is 5.41 Å². The highest BCUT2D eigenvalue weighted by molar-refractivity contribution is 8.13. The summed E-state index contributed by atoms with van der Waals surface area (Å²) in [5.74, 6) is 0.507. The normalized spacial score (nSPS) is 14.3. The number of anilines is 1. The van der Waals surface area contributed by atoms with Gasteiger partial charge in [0.2, 0.25) is 5.91 Å². The largest absolute Gasteiger partial charge is 0.324 e. The van der Waals surface area contributed by atoms with Crippen molar-refractivity contribution in [2.24, 2.45) is 0 Å². The Morgan fingerprint density at radius 1 is 1.60 bits per heavy atom. The van der Waals surface area contributed by atoms with Gasteiger partial charge >= 0.3 is 0 Å². The van der Waals surface area contributed by atoms with Crippen LogP contribution in [0.5, 0.6) is 0 Å². The van der Waals surface area contributed by atoms with E-state index in [1.54, 1.807) is 0 Å². The molecule has 0 bridgehead atoms. The Bertz CT molecular complexity index is 431. The number of amides is 1. The minimum atomic E-state index is 0.0281. The van der Waals surface area contributed by atoms with Crippen molar-refractivity contribution in [3.05, 3.63) is 23.8 Å². The fourth-order valence-corrected chi connectivity index (χ4v) is 2.49. The average molecular weight is 238 g/mol. The Labute approximate surface area is 96.5 Å². The molecule has 0 radical (unpaired) electrons. The molecule has 1 aromatic rings. The van der Waals surface area contributed by atoms with E-state index in [1.807, 2.05) is 24.5 Å². The summed E-state index contributed by atoms with van der Waals surface area (Å²) in [4.78, 5) is 12.3. The van der Waals surface area contributed by atoms with E-state index in [-0.39, 0.29) is 5.91 Å². The lowest BCUT2D eigenvalue weighted by atomic mass is 10.2. The Hall–Kier alpha value is -0.940. The Balaban J connectivity index is 2.36. The molecule has 1 amide bonds. The van der Waals surface area contributed by atoms with Crippen molar-refractivity contribution in [3.8, 4) is 0 Å². The van der Waals surface area contributed by atoms with Crippen molar-refractivity contribution in [2.45, 2.75) is 4.90 Å². The van der Waals surface area contributed by atoms with Crippen molar-refractivity contribution < 1.29 is 4.79 Å². The number of carbonyl (C=O) groups excluding carboxylic acids is 1. The molecule has 0 spiro atoms. The van der Waals surface area contributed by atoms with Crippen LogP contribution in [0.15, 0.2) is 23.1 Å². The van der Waals surface area contributed by atoms with E-state index in [1.165, 1.54) is 23.5 Å². The molecule has 15 heavy (non-hydrogen) atoms. The van der Waals surface area contributed by atoms with Crippen LogP contribution in [-0.2, 0) is 4.79 Å². The monoisotopic (exact) mass is 238 g/mol. The third-order valence-electron chi connectivity index (χ3n) is 2.08. The van der Waals surface area contributed by atoms with E-state index in [2.05, 4.69) is 5.32 Å². The van der Waals surface area contributed by atoms with Gasteiger partial charge in [-0.2, -0.15) is 0 Å². The van der Waals surface area contributed by atoms with Crippen LogP contribution in [0, 0.1) is 5.41 Å². The van der Waals surface area contributed by atoms with Crippen LogP contribution in [0.1, 0.15) is 5.56 Å². The summed E-state index contributed by atoms with van der Waals surface area (Å²) in [5, 5.41) is 11.0. The molecule has 0 unspecified atom stereocenters. The molecule has 0 atom stereocenters. The molecule has 0 aliphatic carbocycles. The zero-order valence-corrected chi connectivity index (χ0v) is 9.80. The summed E-state index contributed by atoms with van der Waals surface area (Å²) in [7, 11) is 0. The molecule has 1 aromatic carbocycles. The van der Waals surface area contributed by atoms with Gasteiger partial charge in [-0.15, -0.1) is 23.5 Å². The molecule has 0 saturated carbocycles. The van der Waals surface area contributed by atoms with Crippen LogP contribution in [0.2, 0.25) is 0 Å². The van der Waals surface area contributed by atoms with Crippen LogP contribution < -0.4 is 5.32 Å². The average Bonchev–Trinajstić information content (AvgIpc) is 2.27. The Morgan fingerprint density at radius 2 is 2.40 bits per heavy atom. The molecule has 5 heteroatoms. The SMILES string of the molecule is CSC(=N)c1ccc2c(c1)NC(=O)CS2. The standard InChI is InChI=1S/C10H10N2OS2/c1-14-10(11)6-2-3-8-7(4-6)12-9(13)5-15-8/h2-4,11H,5H2,1H3,(H,12,13). The smallest absolute Gasteiger partial charge is 0.234 e. The fraction of sp³-hybridized carbons (Fsp3) is 0.200. The van der Waals surface area contributed by atoms with Gasteiger partial charge in [0.05, 0.1) is 16.5 Å².